The lowest BCUT2D eigenvalue weighted by Gasteiger charge is -2.10. The molecule has 3 rings (SSSR count). The van der Waals surface area contributed by atoms with E-state index in [-0.39, 0.29) is 44.6 Å². The lowest BCUT2D eigenvalue weighted by Crippen LogP contribution is -2.15. The molecule has 0 atom stereocenters. The van der Waals surface area contributed by atoms with Gasteiger partial charge in [-0.1, -0.05) is 19.9 Å². The van der Waals surface area contributed by atoms with Gasteiger partial charge in [0, 0.05) is 11.5 Å². The second kappa shape index (κ2) is 11.7. The summed E-state index contributed by atoms with van der Waals surface area (Å²) < 4.78 is 52.0. The van der Waals surface area contributed by atoms with E-state index in [1.54, 1.807) is 19.9 Å². The third-order valence-corrected chi connectivity index (χ3v) is 7.20. The van der Waals surface area contributed by atoms with Gasteiger partial charge in [-0.25, -0.2) is 17.6 Å². The molecule has 0 radical (unpaired) electrons. The Morgan fingerprint density at radius 1 is 1.19 bits per heavy atom. The minimum Gasteiger partial charge on any atom is -0.493 e. The average molecular weight is 545 g/mol. The molecule has 0 saturated carbocycles. The molecule has 0 bridgehead atoms. The molecule has 0 aliphatic heterocycles. The maximum absolute atomic E-state index is 13.1. The van der Waals surface area contributed by atoms with E-state index >= 15 is 0 Å². The number of halogens is 1. The van der Waals surface area contributed by atoms with Crippen molar-refractivity contribution in [3.63, 3.8) is 0 Å². The van der Waals surface area contributed by atoms with Crippen molar-refractivity contribution in [2.75, 3.05) is 18.2 Å². The molecule has 1 amide bonds. The Morgan fingerprint density at radius 3 is 2.51 bits per heavy atom. The maximum Gasteiger partial charge on any atom is 0.343 e. The average Bonchev–Trinajstić information content (AvgIpc) is 3.32. The number of esters is 1. The van der Waals surface area contributed by atoms with Crippen LogP contribution in [-0.2, 0) is 14.6 Å². The Bertz CT molecular complexity index is 1490. The second-order valence-electron chi connectivity index (χ2n) is 7.99. The molecule has 0 spiro atoms. The van der Waals surface area contributed by atoms with Gasteiger partial charge in [0.1, 0.15) is 17.5 Å². The fraction of sp³-hybridized carbons (Fsp3) is 0.208. The highest BCUT2D eigenvalue weighted by Crippen LogP contribution is 2.30. The Labute approximate surface area is 216 Å². The molecule has 1 aromatic heterocycles. The number of sulfone groups is 1. The topological polar surface area (TPSA) is 148 Å². The van der Waals surface area contributed by atoms with Crippen LogP contribution in [0.5, 0.6) is 11.5 Å². The number of benzene rings is 2. The quantitative estimate of drug-likeness (QED) is 0.183. The van der Waals surface area contributed by atoms with Crippen molar-refractivity contribution in [1.82, 2.24) is 9.36 Å². The zero-order chi connectivity index (χ0) is 27.2. The molecule has 37 heavy (non-hydrogen) atoms. The van der Waals surface area contributed by atoms with Gasteiger partial charge in [-0.05, 0) is 54.0 Å². The number of methoxy groups -OCH3 is 1. The summed E-state index contributed by atoms with van der Waals surface area (Å²) in [5.41, 5.74) is 0.204. The number of hydrogen-bond donors (Lipinski definition) is 1. The third kappa shape index (κ3) is 7.18. The van der Waals surface area contributed by atoms with Gasteiger partial charge in [0.15, 0.2) is 11.5 Å². The highest BCUT2D eigenvalue weighted by Gasteiger charge is 2.23. The van der Waals surface area contributed by atoms with Crippen molar-refractivity contribution in [2.24, 2.45) is 5.92 Å². The van der Waals surface area contributed by atoms with Gasteiger partial charge in [-0.15, -0.1) is 0 Å². The Balaban J connectivity index is 1.76. The monoisotopic (exact) mass is 544 g/mol. The molecule has 2 aromatic carbocycles. The highest BCUT2D eigenvalue weighted by atomic mass is 32.2. The molecule has 0 fully saturated rings. The lowest BCUT2D eigenvalue weighted by atomic mass is 10.1. The number of aromatic nitrogens is 2. The van der Waals surface area contributed by atoms with Crippen LogP contribution in [0.4, 0.5) is 9.52 Å². The number of rotatable bonds is 9. The first-order valence-electron chi connectivity index (χ1n) is 10.7. The Hall–Kier alpha value is -4.15. The summed E-state index contributed by atoms with van der Waals surface area (Å²) in [5, 5.41) is 11.4. The van der Waals surface area contributed by atoms with Crippen molar-refractivity contribution in [1.29, 1.82) is 5.26 Å². The number of nitrogens with zero attached hydrogens (tertiary/aromatic N) is 3. The van der Waals surface area contributed by atoms with E-state index in [1.165, 1.54) is 43.5 Å². The van der Waals surface area contributed by atoms with Crippen LogP contribution < -0.4 is 14.8 Å². The van der Waals surface area contributed by atoms with Gasteiger partial charge in [-0.2, -0.15) is 14.6 Å². The van der Waals surface area contributed by atoms with Gasteiger partial charge >= 0.3 is 5.97 Å². The first-order valence-corrected chi connectivity index (χ1v) is 13.1. The van der Waals surface area contributed by atoms with E-state index in [1.807, 2.05) is 0 Å². The first kappa shape index (κ1) is 27.4. The van der Waals surface area contributed by atoms with Crippen LogP contribution in [0.15, 0.2) is 53.2 Å². The second-order valence-corrected chi connectivity index (χ2v) is 10.7. The largest absolute Gasteiger partial charge is 0.493 e. The van der Waals surface area contributed by atoms with E-state index in [0.29, 0.717) is 17.1 Å². The number of amides is 1. The molecule has 0 unspecified atom stereocenters. The van der Waals surface area contributed by atoms with Gasteiger partial charge in [0.2, 0.25) is 15.0 Å². The predicted octanol–water partition coefficient (Wildman–Crippen LogP) is 3.88. The van der Waals surface area contributed by atoms with Crippen LogP contribution in [0.2, 0.25) is 0 Å². The number of carbonyl (C=O) groups excluding carboxylic acids is 2. The van der Waals surface area contributed by atoms with E-state index < -0.39 is 27.5 Å². The normalized spacial score (nSPS) is 11.6. The van der Waals surface area contributed by atoms with Crippen LogP contribution >= 0.6 is 11.5 Å². The lowest BCUT2D eigenvalue weighted by molar-refractivity contribution is -0.112. The van der Waals surface area contributed by atoms with Gasteiger partial charge in [0.05, 0.1) is 18.4 Å². The fourth-order valence-electron chi connectivity index (χ4n) is 2.98. The SMILES string of the molecule is COc1cc(/C=C(/C#N)C(=O)Nc2nc(S(=O)(=O)CC(C)C)ns2)ccc1OC(=O)c1ccc(F)cc1. The summed E-state index contributed by atoms with van der Waals surface area (Å²) in [5.74, 6) is -2.10. The molecule has 192 valence electrons. The summed E-state index contributed by atoms with van der Waals surface area (Å²) >= 11 is 0.681. The number of nitriles is 1. The molecular formula is C24H21FN4O6S2. The Kier molecular flexibility index (Phi) is 8.69. The van der Waals surface area contributed by atoms with Crippen LogP contribution in [-0.4, -0.2) is 42.5 Å². The number of carbonyl (C=O) groups is 2. The molecule has 13 heteroatoms. The van der Waals surface area contributed by atoms with E-state index in [4.69, 9.17) is 9.47 Å². The van der Waals surface area contributed by atoms with Gasteiger partial charge < -0.3 is 9.47 Å². The summed E-state index contributed by atoms with van der Waals surface area (Å²) in [6, 6.07) is 10.9. The summed E-state index contributed by atoms with van der Waals surface area (Å²) in [7, 11) is -2.35. The van der Waals surface area contributed by atoms with Crippen LogP contribution in [0.25, 0.3) is 6.08 Å². The molecule has 1 N–H and O–H groups in total. The molecule has 1 heterocycles. The van der Waals surface area contributed by atoms with Gasteiger partial charge in [-0.3, -0.25) is 10.1 Å². The maximum atomic E-state index is 13.1. The molecule has 0 aliphatic rings. The number of ether oxygens (including phenoxy) is 2. The number of hydrogen-bond acceptors (Lipinski definition) is 10. The van der Waals surface area contributed by atoms with Crippen LogP contribution in [0.1, 0.15) is 29.8 Å². The highest BCUT2D eigenvalue weighted by molar-refractivity contribution is 7.91. The third-order valence-electron chi connectivity index (χ3n) is 4.61. The summed E-state index contributed by atoms with van der Waals surface area (Å²) in [6.45, 7) is 3.49. The smallest absolute Gasteiger partial charge is 0.343 e. The van der Waals surface area contributed by atoms with Crippen LogP contribution in [0, 0.1) is 23.1 Å². The molecule has 10 nitrogen and oxygen atoms in total. The summed E-state index contributed by atoms with van der Waals surface area (Å²) in [6.07, 6.45) is 1.26. The summed E-state index contributed by atoms with van der Waals surface area (Å²) in [4.78, 5) is 28.8. The van der Waals surface area contributed by atoms with E-state index in [0.717, 1.165) is 12.1 Å². The molecule has 0 aliphatic carbocycles. The number of anilines is 1. The minimum absolute atomic E-state index is 0.0703. The van der Waals surface area contributed by atoms with E-state index in [9.17, 15) is 27.7 Å². The zero-order valence-electron chi connectivity index (χ0n) is 19.9. The molecular weight excluding hydrogens is 523 g/mol. The first-order chi connectivity index (χ1) is 17.5. The Morgan fingerprint density at radius 2 is 1.89 bits per heavy atom. The van der Waals surface area contributed by atoms with Crippen molar-refractivity contribution in [3.8, 4) is 17.6 Å². The van der Waals surface area contributed by atoms with Crippen molar-refractivity contribution in [3.05, 3.63) is 65.0 Å². The van der Waals surface area contributed by atoms with Crippen molar-refractivity contribution >= 4 is 44.5 Å². The standard InChI is InChI=1S/C24H21FN4O6S2/c1-14(2)13-37(32,33)24-28-23(36-29-24)27-21(30)17(12-26)10-15-4-9-19(20(11-15)34-3)35-22(31)16-5-7-18(25)8-6-16/h4-11,14H,13H2,1-3H3,(H,27,28,29,30)/b17-10-. The molecule has 3 aromatic rings. The van der Waals surface area contributed by atoms with Crippen molar-refractivity contribution in [2.45, 2.75) is 19.0 Å². The minimum atomic E-state index is -3.70. The predicted molar refractivity (Wildman–Crippen MR) is 133 cm³/mol. The van der Waals surface area contributed by atoms with Gasteiger partial charge in [0.25, 0.3) is 11.1 Å². The fourth-order valence-corrected chi connectivity index (χ4v) is 5.34. The van der Waals surface area contributed by atoms with Crippen LogP contribution in [0.3, 0.4) is 0 Å². The molecule has 0 saturated heterocycles. The van der Waals surface area contributed by atoms with E-state index in [2.05, 4.69) is 14.7 Å². The van der Waals surface area contributed by atoms with Crippen molar-refractivity contribution < 1.29 is 31.9 Å². The zero-order valence-corrected chi connectivity index (χ0v) is 21.5. The number of nitrogens with one attached hydrogen (secondary N) is 1.